The SMILES string of the molecule is CC(=O)Nc1ccccc1Oc1ccc(Cl)cc1C(=O)O. The zero-order valence-corrected chi connectivity index (χ0v) is 11.8. The van der Waals surface area contributed by atoms with Gasteiger partial charge in [-0.3, -0.25) is 4.79 Å². The lowest BCUT2D eigenvalue weighted by atomic mass is 10.2. The first-order valence-electron chi connectivity index (χ1n) is 6.04. The quantitative estimate of drug-likeness (QED) is 0.901. The fourth-order valence-electron chi connectivity index (χ4n) is 1.73. The van der Waals surface area contributed by atoms with Gasteiger partial charge in [0, 0.05) is 11.9 Å². The molecule has 0 aliphatic rings. The number of amides is 1. The Hall–Kier alpha value is -2.53. The summed E-state index contributed by atoms with van der Waals surface area (Å²) in [4.78, 5) is 22.4. The largest absolute Gasteiger partial charge is 0.478 e. The van der Waals surface area contributed by atoms with E-state index in [1.54, 1.807) is 24.3 Å². The minimum atomic E-state index is -1.15. The van der Waals surface area contributed by atoms with E-state index in [1.807, 2.05) is 0 Å². The smallest absolute Gasteiger partial charge is 0.339 e. The normalized spacial score (nSPS) is 10.0. The van der Waals surface area contributed by atoms with Gasteiger partial charge >= 0.3 is 5.97 Å². The van der Waals surface area contributed by atoms with Crippen LogP contribution in [-0.4, -0.2) is 17.0 Å². The van der Waals surface area contributed by atoms with E-state index in [1.165, 1.54) is 25.1 Å². The molecule has 108 valence electrons. The van der Waals surface area contributed by atoms with Crippen LogP contribution in [0.4, 0.5) is 5.69 Å². The molecule has 0 unspecified atom stereocenters. The molecule has 0 aromatic heterocycles. The summed E-state index contributed by atoms with van der Waals surface area (Å²) in [6, 6.07) is 11.1. The maximum Gasteiger partial charge on any atom is 0.339 e. The van der Waals surface area contributed by atoms with Crippen molar-refractivity contribution in [1.29, 1.82) is 0 Å². The molecule has 2 N–H and O–H groups in total. The van der Waals surface area contributed by atoms with Gasteiger partial charge in [0.1, 0.15) is 11.3 Å². The summed E-state index contributed by atoms with van der Waals surface area (Å²) in [5.41, 5.74) is 0.399. The number of hydrogen-bond donors (Lipinski definition) is 2. The van der Waals surface area contributed by atoms with Crippen molar-refractivity contribution < 1.29 is 19.4 Å². The van der Waals surface area contributed by atoms with E-state index in [2.05, 4.69) is 5.32 Å². The van der Waals surface area contributed by atoms with Gasteiger partial charge in [0.05, 0.1) is 5.69 Å². The van der Waals surface area contributed by atoms with Crippen LogP contribution in [0.3, 0.4) is 0 Å². The molecule has 0 bridgehead atoms. The van der Waals surface area contributed by atoms with Gasteiger partial charge in [-0.25, -0.2) is 4.79 Å². The number of nitrogens with one attached hydrogen (secondary N) is 1. The molecule has 6 heteroatoms. The van der Waals surface area contributed by atoms with Gasteiger partial charge in [-0.1, -0.05) is 23.7 Å². The van der Waals surface area contributed by atoms with E-state index >= 15 is 0 Å². The van der Waals surface area contributed by atoms with Crippen molar-refractivity contribution in [1.82, 2.24) is 0 Å². The molecule has 2 aromatic rings. The Bertz CT molecular complexity index is 700. The molecule has 2 rings (SSSR count). The molecule has 0 fully saturated rings. The second-order valence-corrected chi connectivity index (χ2v) is 4.66. The number of carboxylic acid groups (broad SMARTS) is 1. The van der Waals surface area contributed by atoms with Gasteiger partial charge in [-0.2, -0.15) is 0 Å². The molecule has 0 saturated heterocycles. The van der Waals surface area contributed by atoms with Crippen LogP contribution in [-0.2, 0) is 4.79 Å². The van der Waals surface area contributed by atoms with E-state index in [9.17, 15) is 14.7 Å². The van der Waals surface area contributed by atoms with Crippen LogP contribution in [0.15, 0.2) is 42.5 Å². The van der Waals surface area contributed by atoms with Crippen LogP contribution in [0.1, 0.15) is 17.3 Å². The topological polar surface area (TPSA) is 75.6 Å². The number of hydrogen-bond acceptors (Lipinski definition) is 3. The molecule has 0 spiro atoms. The van der Waals surface area contributed by atoms with E-state index < -0.39 is 5.97 Å². The Morgan fingerprint density at radius 1 is 1.14 bits per heavy atom. The number of para-hydroxylation sites is 2. The predicted molar refractivity (Wildman–Crippen MR) is 79.2 cm³/mol. The van der Waals surface area contributed by atoms with E-state index in [0.29, 0.717) is 16.5 Å². The number of carbonyl (C=O) groups is 2. The van der Waals surface area contributed by atoms with Crippen LogP contribution < -0.4 is 10.1 Å². The second-order valence-electron chi connectivity index (χ2n) is 4.23. The average Bonchev–Trinajstić information content (AvgIpc) is 2.42. The third-order valence-electron chi connectivity index (χ3n) is 2.59. The Morgan fingerprint density at radius 3 is 2.52 bits per heavy atom. The molecule has 0 heterocycles. The van der Waals surface area contributed by atoms with Crippen LogP contribution in [0.25, 0.3) is 0 Å². The summed E-state index contributed by atoms with van der Waals surface area (Å²) in [7, 11) is 0. The van der Waals surface area contributed by atoms with Gasteiger partial charge in [0.25, 0.3) is 0 Å². The molecule has 21 heavy (non-hydrogen) atoms. The van der Waals surface area contributed by atoms with Crippen molar-refractivity contribution in [2.45, 2.75) is 6.92 Å². The average molecular weight is 306 g/mol. The molecule has 0 aliphatic carbocycles. The number of anilines is 1. The number of halogens is 1. The number of ether oxygens (including phenoxy) is 1. The molecular formula is C15H12ClNO4. The van der Waals surface area contributed by atoms with Crippen LogP contribution >= 0.6 is 11.6 Å². The van der Waals surface area contributed by atoms with E-state index in [-0.39, 0.29) is 17.2 Å². The monoisotopic (exact) mass is 305 g/mol. The van der Waals surface area contributed by atoms with Crippen LogP contribution in [0.2, 0.25) is 5.02 Å². The Labute approximate surface area is 126 Å². The van der Waals surface area contributed by atoms with Crippen molar-refractivity contribution in [3.05, 3.63) is 53.1 Å². The molecule has 0 saturated carbocycles. The van der Waals surface area contributed by atoms with Gasteiger partial charge in [0.15, 0.2) is 5.75 Å². The Kier molecular flexibility index (Phi) is 4.45. The van der Waals surface area contributed by atoms with Crippen molar-refractivity contribution in [3.63, 3.8) is 0 Å². The zero-order chi connectivity index (χ0) is 15.4. The highest BCUT2D eigenvalue weighted by molar-refractivity contribution is 6.31. The number of benzene rings is 2. The number of rotatable bonds is 4. The minimum Gasteiger partial charge on any atom is -0.478 e. The summed E-state index contributed by atoms with van der Waals surface area (Å²) in [6.45, 7) is 1.38. The Balaban J connectivity index is 2.39. The molecule has 5 nitrogen and oxygen atoms in total. The van der Waals surface area contributed by atoms with E-state index in [4.69, 9.17) is 16.3 Å². The number of aromatic carboxylic acids is 1. The highest BCUT2D eigenvalue weighted by Gasteiger charge is 2.14. The number of carbonyl (C=O) groups excluding carboxylic acids is 1. The first kappa shape index (κ1) is 14.9. The summed E-state index contributed by atoms with van der Waals surface area (Å²) in [5.74, 6) is -0.910. The Morgan fingerprint density at radius 2 is 1.86 bits per heavy atom. The minimum absolute atomic E-state index is 0.0554. The highest BCUT2D eigenvalue weighted by atomic mass is 35.5. The molecule has 0 aliphatic heterocycles. The first-order chi connectivity index (χ1) is 9.97. The summed E-state index contributed by atoms with van der Waals surface area (Å²) in [5, 5.41) is 12.1. The lowest BCUT2D eigenvalue weighted by Crippen LogP contribution is -2.07. The molecular weight excluding hydrogens is 294 g/mol. The van der Waals surface area contributed by atoms with Crippen LogP contribution in [0.5, 0.6) is 11.5 Å². The van der Waals surface area contributed by atoms with Crippen molar-refractivity contribution in [3.8, 4) is 11.5 Å². The maximum atomic E-state index is 11.2. The maximum absolute atomic E-state index is 11.2. The second kappa shape index (κ2) is 6.28. The van der Waals surface area contributed by atoms with Crippen molar-refractivity contribution in [2.24, 2.45) is 0 Å². The van der Waals surface area contributed by atoms with Crippen molar-refractivity contribution >= 4 is 29.2 Å². The predicted octanol–water partition coefficient (Wildman–Crippen LogP) is 3.79. The first-order valence-corrected chi connectivity index (χ1v) is 6.42. The van der Waals surface area contributed by atoms with Gasteiger partial charge in [0.2, 0.25) is 5.91 Å². The summed E-state index contributed by atoms with van der Waals surface area (Å²) in [6.07, 6.45) is 0. The highest BCUT2D eigenvalue weighted by Crippen LogP contribution is 2.32. The van der Waals surface area contributed by atoms with Gasteiger partial charge < -0.3 is 15.2 Å². The fraction of sp³-hybridized carbons (Fsp3) is 0.0667. The molecule has 0 radical (unpaired) electrons. The molecule has 0 atom stereocenters. The summed E-state index contributed by atoms with van der Waals surface area (Å²) < 4.78 is 5.60. The molecule has 2 aromatic carbocycles. The van der Waals surface area contributed by atoms with Gasteiger partial charge in [-0.05, 0) is 30.3 Å². The lowest BCUT2D eigenvalue weighted by Gasteiger charge is -2.13. The third-order valence-corrected chi connectivity index (χ3v) is 2.82. The van der Waals surface area contributed by atoms with E-state index in [0.717, 1.165) is 0 Å². The van der Waals surface area contributed by atoms with Crippen molar-refractivity contribution in [2.75, 3.05) is 5.32 Å². The lowest BCUT2D eigenvalue weighted by molar-refractivity contribution is -0.114. The summed E-state index contributed by atoms with van der Waals surface area (Å²) >= 11 is 5.79. The van der Waals surface area contributed by atoms with Crippen LogP contribution in [0, 0.1) is 0 Å². The standard InChI is InChI=1S/C15H12ClNO4/c1-9(18)17-12-4-2-3-5-14(12)21-13-7-6-10(16)8-11(13)15(19)20/h2-8H,1H3,(H,17,18)(H,19,20). The van der Waals surface area contributed by atoms with Gasteiger partial charge in [-0.15, -0.1) is 0 Å². The zero-order valence-electron chi connectivity index (χ0n) is 11.1. The number of carboxylic acids is 1. The fourth-order valence-corrected chi connectivity index (χ4v) is 1.90. The third kappa shape index (κ3) is 3.73. The molecule has 1 amide bonds.